The Bertz CT molecular complexity index is 1610. The summed E-state index contributed by atoms with van der Waals surface area (Å²) in [5.74, 6) is 0.419. The SMILES string of the molecule is CCC(c1nc2ccccc2c(=O)n1-c1ccc(Br)cc1)N(C)C(=O)c1ccc2ccccc2c1. The van der Waals surface area contributed by atoms with Gasteiger partial charge in [0.05, 0.1) is 22.6 Å². The molecule has 1 atom stereocenters. The molecule has 1 unspecified atom stereocenters. The van der Waals surface area contributed by atoms with Crippen LogP contribution >= 0.6 is 15.9 Å². The number of para-hydroxylation sites is 1. The molecule has 0 fully saturated rings. The van der Waals surface area contributed by atoms with E-state index in [0.29, 0.717) is 34.4 Å². The Kier molecular flexibility index (Phi) is 6.22. The van der Waals surface area contributed by atoms with Crippen molar-refractivity contribution in [3.05, 3.63) is 117 Å². The maximum Gasteiger partial charge on any atom is 0.266 e. The maximum absolute atomic E-state index is 13.7. The van der Waals surface area contributed by atoms with Gasteiger partial charge in [-0.25, -0.2) is 4.98 Å². The highest BCUT2D eigenvalue weighted by atomic mass is 79.9. The lowest BCUT2D eigenvalue weighted by Gasteiger charge is -2.29. The molecular formula is C29H24BrN3O2. The lowest BCUT2D eigenvalue weighted by atomic mass is 10.0. The van der Waals surface area contributed by atoms with Gasteiger partial charge in [0, 0.05) is 17.1 Å². The number of benzene rings is 4. The number of aromatic nitrogens is 2. The molecule has 5 aromatic rings. The zero-order valence-electron chi connectivity index (χ0n) is 19.5. The van der Waals surface area contributed by atoms with Gasteiger partial charge in [0.25, 0.3) is 11.5 Å². The number of fused-ring (bicyclic) bond motifs is 2. The van der Waals surface area contributed by atoms with Crippen LogP contribution in [0.2, 0.25) is 0 Å². The third-order valence-corrected chi connectivity index (χ3v) is 6.88. The molecule has 6 heteroatoms. The molecule has 174 valence electrons. The summed E-state index contributed by atoms with van der Waals surface area (Å²) in [5.41, 5.74) is 1.77. The minimum atomic E-state index is -0.407. The van der Waals surface area contributed by atoms with Crippen LogP contribution in [0.5, 0.6) is 0 Å². The number of halogens is 1. The van der Waals surface area contributed by atoms with Crippen LogP contribution in [-0.2, 0) is 0 Å². The van der Waals surface area contributed by atoms with E-state index in [1.807, 2.05) is 91.9 Å². The summed E-state index contributed by atoms with van der Waals surface area (Å²) in [6, 6.07) is 28.2. The van der Waals surface area contributed by atoms with Crippen LogP contribution < -0.4 is 5.56 Å². The predicted molar refractivity (Wildman–Crippen MR) is 144 cm³/mol. The zero-order chi connectivity index (χ0) is 24.5. The van der Waals surface area contributed by atoms with Crippen molar-refractivity contribution in [2.75, 3.05) is 7.05 Å². The van der Waals surface area contributed by atoms with Gasteiger partial charge in [-0.1, -0.05) is 65.3 Å². The average Bonchev–Trinajstić information content (AvgIpc) is 2.89. The average molecular weight is 526 g/mol. The number of amides is 1. The lowest BCUT2D eigenvalue weighted by Crippen LogP contribution is -2.36. The van der Waals surface area contributed by atoms with E-state index in [2.05, 4.69) is 15.9 Å². The van der Waals surface area contributed by atoms with Crippen molar-refractivity contribution in [1.29, 1.82) is 0 Å². The van der Waals surface area contributed by atoms with Crippen LogP contribution in [0, 0.1) is 0 Å². The molecule has 1 aromatic heterocycles. The number of carbonyl (C=O) groups is 1. The number of hydrogen-bond acceptors (Lipinski definition) is 3. The highest BCUT2D eigenvalue weighted by Gasteiger charge is 2.27. The van der Waals surface area contributed by atoms with Gasteiger partial charge in [-0.05, 0) is 65.7 Å². The van der Waals surface area contributed by atoms with Crippen molar-refractivity contribution in [1.82, 2.24) is 14.5 Å². The Morgan fingerprint density at radius 3 is 2.37 bits per heavy atom. The first-order valence-electron chi connectivity index (χ1n) is 11.5. The van der Waals surface area contributed by atoms with Crippen LogP contribution in [0.1, 0.15) is 35.6 Å². The Balaban J connectivity index is 1.65. The van der Waals surface area contributed by atoms with Crippen molar-refractivity contribution in [3.8, 4) is 5.69 Å². The van der Waals surface area contributed by atoms with Gasteiger partial charge in [-0.2, -0.15) is 0 Å². The second-order valence-electron chi connectivity index (χ2n) is 8.51. The van der Waals surface area contributed by atoms with Crippen LogP contribution in [0.25, 0.3) is 27.4 Å². The van der Waals surface area contributed by atoms with E-state index in [1.54, 1.807) is 22.6 Å². The van der Waals surface area contributed by atoms with E-state index in [4.69, 9.17) is 4.98 Å². The minimum absolute atomic E-state index is 0.118. The number of carbonyl (C=O) groups excluding carboxylic acids is 1. The monoisotopic (exact) mass is 525 g/mol. The molecule has 5 rings (SSSR count). The maximum atomic E-state index is 13.7. The molecule has 0 N–H and O–H groups in total. The summed E-state index contributed by atoms with van der Waals surface area (Å²) in [7, 11) is 1.78. The summed E-state index contributed by atoms with van der Waals surface area (Å²) < 4.78 is 2.55. The van der Waals surface area contributed by atoms with Crippen molar-refractivity contribution in [2.24, 2.45) is 0 Å². The molecule has 0 aliphatic carbocycles. The quantitative estimate of drug-likeness (QED) is 0.262. The van der Waals surface area contributed by atoms with E-state index in [-0.39, 0.29) is 11.5 Å². The van der Waals surface area contributed by atoms with Gasteiger partial charge in [0.15, 0.2) is 0 Å². The van der Waals surface area contributed by atoms with Crippen molar-refractivity contribution < 1.29 is 4.79 Å². The molecule has 0 spiro atoms. The van der Waals surface area contributed by atoms with E-state index < -0.39 is 6.04 Å². The first kappa shape index (κ1) is 23.0. The Morgan fingerprint density at radius 2 is 1.63 bits per heavy atom. The van der Waals surface area contributed by atoms with Crippen molar-refractivity contribution >= 4 is 43.5 Å². The summed E-state index contributed by atoms with van der Waals surface area (Å²) in [6.07, 6.45) is 0.594. The number of hydrogen-bond donors (Lipinski definition) is 0. The predicted octanol–water partition coefficient (Wildman–Crippen LogP) is 6.52. The molecule has 0 aliphatic rings. The van der Waals surface area contributed by atoms with E-state index >= 15 is 0 Å². The molecule has 0 radical (unpaired) electrons. The molecule has 0 aliphatic heterocycles. The smallest absolute Gasteiger partial charge is 0.266 e. The van der Waals surface area contributed by atoms with Crippen LogP contribution in [0.15, 0.2) is 100 Å². The van der Waals surface area contributed by atoms with Gasteiger partial charge >= 0.3 is 0 Å². The van der Waals surface area contributed by atoms with Crippen molar-refractivity contribution in [3.63, 3.8) is 0 Å². The van der Waals surface area contributed by atoms with Crippen LogP contribution in [0.4, 0.5) is 0 Å². The summed E-state index contributed by atoms with van der Waals surface area (Å²) in [4.78, 5) is 33.9. The lowest BCUT2D eigenvalue weighted by molar-refractivity contribution is 0.0717. The first-order valence-corrected chi connectivity index (χ1v) is 12.3. The number of rotatable bonds is 5. The fraction of sp³-hybridized carbons (Fsp3) is 0.138. The highest BCUT2D eigenvalue weighted by Crippen LogP contribution is 2.27. The third-order valence-electron chi connectivity index (χ3n) is 6.36. The van der Waals surface area contributed by atoms with Crippen LogP contribution in [-0.4, -0.2) is 27.4 Å². The summed E-state index contributed by atoms with van der Waals surface area (Å²) in [5, 5.41) is 2.63. The highest BCUT2D eigenvalue weighted by molar-refractivity contribution is 9.10. The fourth-order valence-corrected chi connectivity index (χ4v) is 4.77. The van der Waals surface area contributed by atoms with Gasteiger partial charge in [-0.3, -0.25) is 14.2 Å². The van der Waals surface area contributed by atoms with E-state index in [9.17, 15) is 9.59 Å². The molecule has 1 amide bonds. The minimum Gasteiger partial charge on any atom is -0.332 e. The second kappa shape index (κ2) is 9.47. The van der Waals surface area contributed by atoms with Gasteiger partial charge < -0.3 is 4.90 Å². The van der Waals surface area contributed by atoms with Gasteiger partial charge in [-0.15, -0.1) is 0 Å². The van der Waals surface area contributed by atoms with Crippen molar-refractivity contribution in [2.45, 2.75) is 19.4 Å². The van der Waals surface area contributed by atoms with E-state index in [1.165, 1.54) is 0 Å². The molecule has 35 heavy (non-hydrogen) atoms. The molecule has 1 heterocycles. The standard InChI is InChI=1S/C29H24BrN3O2/c1-3-26(32(2)28(34)21-13-12-19-8-4-5-9-20(19)18-21)27-31-25-11-7-6-10-24(25)29(35)33(27)23-16-14-22(30)15-17-23/h4-18,26H,3H2,1-2H3. The molecule has 0 saturated heterocycles. The molecule has 5 nitrogen and oxygen atoms in total. The van der Waals surface area contributed by atoms with Gasteiger partial charge in [0.1, 0.15) is 5.82 Å². The third kappa shape index (κ3) is 4.26. The van der Waals surface area contributed by atoms with Gasteiger partial charge in [0.2, 0.25) is 0 Å². The fourth-order valence-electron chi connectivity index (χ4n) is 4.51. The van der Waals surface area contributed by atoms with Crippen LogP contribution in [0.3, 0.4) is 0 Å². The first-order chi connectivity index (χ1) is 17.0. The largest absolute Gasteiger partial charge is 0.332 e. The Morgan fingerprint density at radius 1 is 0.943 bits per heavy atom. The molecular weight excluding hydrogens is 502 g/mol. The normalized spacial score (nSPS) is 12.1. The topological polar surface area (TPSA) is 55.2 Å². The number of nitrogens with zero attached hydrogens (tertiary/aromatic N) is 3. The summed E-state index contributed by atoms with van der Waals surface area (Å²) >= 11 is 3.47. The second-order valence-corrected chi connectivity index (χ2v) is 9.42. The summed E-state index contributed by atoms with van der Waals surface area (Å²) in [6.45, 7) is 2.00. The zero-order valence-corrected chi connectivity index (χ0v) is 21.1. The molecule has 0 saturated carbocycles. The van der Waals surface area contributed by atoms with E-state index in [0.717, 1.165) is 15.2 Å². The molecule has 0 bridgehead atoms. The Hall–Kier alpha value is -3.77. The molecule has 4 aromatic carbocycles. The Labute approximate surface area is 211 Å².